The standard InChI is InChI=1S/C25H21N3O4S/c26-16-18-5-8-21(9-6-18)33(30,31)28-13-11-27(12-14-28)24(29)15-20-17-32-23-10-7-19-3-1-2-4-22(19)25(20)23/h1-10,17H,11-15H2. The minimum absolute atomic E-state index is 0.0546. The summed E-state index contributed by atoms with van der Waals surface area (Å²) in [6, 6.07) is 19.8. The van der Waals surface area contributed by atoms with Crippen molar-refractivity contribution in [1.29, 1.82) is 5.26 Å². The Bertz CT molecular complexity index is 1490. The van der Waals surface area contributed by atoms with E-state index in [2.05, 4.69) is 0 Å². The molecule has 1 fully saturated rings. The zero-order chi connectivity index (χ0) is 23.0. The van der Waals surface area contributed by atoms with Crippen LogP contribution in [0.3, 0.4) is 0 Å². The Morgan fingerprint density at radius 3 is 2.42 bits per heavy atom. The van der Waals surface area contributed by atoms with Crippen LogP contribution in [0.5, 0.6) is 0 Å². The number of carbonyl (C=O) groups is 1. The molecule has 166 valence electrons. The van der Waals surface area contributed by atoms with Crippen LogP contribution in [-0.4, -0.2) is 49.7 Å². The van der Waals surface area contributed by atoms with Gasteiger partial charge in [0.25, 0.3) is 0 Å². The van der Waals surface area contributed by atoms with Crippen molar-refractivity contribution in [2.24, 2.45) is 0 Å². The molecule has 0 bridgehead atoms. The lowest BCUT2D eigenvalue weighted by Crippen LogP contribution is -2.50. The molecule has 1 amide bonds. The van der Waals surface area contributed by atoms with Crippen molar-refractivity contribution >= 4 is 37.7 Å². The van der Waals surface area contributed by atoms with Crippen molar-refractivity contribution < 1.29 is 17.6 Å². The summed E-state index contributed by atoms with van der Waals surface area (Å²) in [5, 5.41) is 12.0. The highest BCUT2D eigenvalue weighted by atomic mass is 32.2. The number of carbonyl (C=O) groups excluding carboxylic acids is 1. The minimum Gasteiger partial charge on any atom is -0.464 e. The van der Waals surface area contributed by atoms with Gasteiger partial charge >= 0.3 is 0 Å². The number of hydrogen-bond donors (Lipinski definition) is 0. The predicted molar refractivity (Wildman–Crippen MR) is 124 cm³/mol. The number of benzene rings is 3. The molecule has 0 spiro atoms. The maximum Gasteiger partial charge on any atom is 0.243 e. The summed E-state index contributed by atoms with van der Waals surface area (Å²) < 4.78 is 32.9. The topological polar surface area (TPSA) is 94.6 Å². The zero-order valence-electron chi connectivity index (χ0n) is 17.8. The van der Waals surface area contributed by atoms with Crippen molar-refractivity contribution in [3.05, 3.63) is 78.1 Å². The molecular weight excluding hydrogens is 438 g/mol. The summed E-state index contributed by atoms with van der Waals surface area (Å²) >= 11 is 0. The van der Waals surface area contributed by atoms with Crippen molar-refractivity contribution in [3.63, 3.8) is 0 Å². The lowest BCUT2D eigenvalue weighted by atomic mass is 10.0. The molecule has 0 saturated carbocycles. The molecule has 33 heavy (non-hydrogen) atoms. The highest BCUT2D eigenvalue weighted by Crippen LogP contribution is 2.30. The minimum atomic E-state index is -3.67. The van der Waals surface area contributed by atoms with Crippen LogP contribution in [0.4, 0.5) is 0 Å². The molecular formula is C25H21N3O4S. The molecule has 0 atom stereocenters. The fourth-order valence-corrected chi connectivity index (χ4v) is 5.73. The fourth-order valence-electron chi connectivity index (χ4n) is 4.31. The van der Waals surface area contributed by atoms with E-state index in [1.807, 2.05) is 42.5 Å². The third kappa shape index (κ3) is 3.86. The van der Waals surface area contributed by atoms with Crippen molar-refractivity contribution in [2.75, 3.05) is 26.2 Å². The SMILES string of the molecule is N#Cc1ccc(S(=O)(=O)N2CCN(C(=O)Cc3coc4ccc5ccccc5c34)CC2)cc1. The number of sulfonamides is 1. The van der Waals surface area contributed by atoms with Gasteiger partial charge in [0.1, 0.15) is 5.58 Å². The Morgan fingerprint density at radius 2 is 1.70 bits per heavy atom. The zero-order valence-corrected chi connectivity index (χ0v) is 18.6. The van der Waals surface area contributed by atoms with Gasteiger partial charge in [0.15, 0.2) is 0 Å². The van der Waals surface area contributed by atoms with Gasteiger partial charge in [0.2, 0.25) is 15.9 Å². The number of fused-ring (bicyclic) bond motifs is 3. The lowest BCUT2D eigenvalue weighted by molar-refractivity contribution is -0.131. The molecule has 1 aliphatic rings. The number of amides is 1. The summed E-state index contributed by atoms with van der Waals surface area (Å²) in [5.41, 5.74) is 1.98. The summed E-state index contributed by atoms with van der Waals surface area (Å²) in [6.07, 6.45) is 1.84. The second-order valence-corrected chi connectivity index (χ2v) is 9.96. The van der Waals surface area contributed by atoms with E-state index in [1.165, 1.54) is 28.6 Å². The summed E-state index contributed by atoms with van der Waals surface area (Å²) in [7, 11) is -3.67. The number of furan rings is 1. The van der Waals surface area contributed by atoms with Crippen LogP contribution in [-0.2, 0) is 21.2 Å². The maximum atomic E-state index is 13.0. The van der Waals surface area contributed by atoms with Gasteiger partial charge in [0.05, 0.1) is 29.2 Å². The van der Waals surface area contributed by atoms with Gasteiger partial charge in [-0.1, -0.05) is 30.3 Å². The number of hydrogen-bond acceptors (Lipinski definition) is 5. The van der Waals surface area contributed by atoms with Crippen molar-refractivity contribution in [3.8, 4) is 6.07 Å². The van der Waals surface area contributed by atoms with Crippen LogP contribution in [0.25, 0.3) is 21.7 Å². The van der Waals surface area contributed by atoms with Crippen LogP contribution in [0.2, 0.25) is 0 Å². The van der Waals surface area contributed by atoms with Gasteiger partial charge in [0, 0.05) is 37.1 Å². The van der Waals surface area contributed by atoms with Gasteiger partial charge < -0.3 is 9.32 Å². The second kappa shape index (κ2) is 8.35. The summed E-state index contributed by atoms with van der Waals surface area (Å²) in [4.78, 5) is 14.9. The largest absolute Gasteiger partial charge is 0.464 e. The summed E-state index contributed by atoms with van der Waals surface area (Å²) in [6.45, 7) is 1.10. The monoisotopic (exact) mass is 459 g/mol. The van der Waals surface area contributed by atoms with Gasteiger partial charge in [-0.3, -0.25) is 4.79 Å². The molecule has 4 aromatic rings. The Labute approximate surface area is 191 Å². The molecule has 0 radical (unpaired) electrons. The van der Waals surface area contributed by atoms with E-state index < -0.39 is 10.0 Å². The normalized spacial score (nSPS) is 15.1. The molecule has 2 heterocycles. The molecule has 5 rings (SSSR count). The molecule has 8 heteroatoms. The van der Waals surface area contributed by atoms with Crippen LogP contribution < -0.4 is 0 Å². The fraction of sp³-hybridized carbons (Fsp3) is 0.200. The quantitative estimate of drug-likeness (QED) is 0.465. The van der Waals surface area contributed by atoms with Crippen molar-refractivity contribution in [1.82, 2.24) is 9.21 Å². The first-order valence-electron chi connectivity index (χ1n) is 10.6. The summed E-state index contributed by atoms with van der Waals surface area (Å²) in [5.74, 6) is -0.0546. The Morgan fingerprint density at radius 1 is 0.970 bits per heavy atom. The van der Waals surface area contributed by atoms with E-state index in [1.54, 1.807) is 11.2 Å². The van der Waals surface area contributed by atoms with Crippen LogP contribution in [0.15, 0.2) is 76.2 Å². The van der Waals surface area contributed by atoms with Gasteiger partial charge in [-0.15, -0.1) is 0 Å². The Kier molecular flexibility index (Phi) is 5.36. The number of nitriles is 1. The highest BCUT2D eigenvalue weighted by Gasteiger charge is 2.30. The molecule has 1 aliphatic heterocycles. The number of rotatable bonds is 4. The van der Waals surface area contributed by atoms with E-state index >= 15 is 0 Å². The van der Waals surface area contributed by atoms with Gasteiger partial charge in [-0.05, 0) is 41.1 Å². The predicted octanol–water partition coefficient (Wildman–Crippen LogP) is 3.53. The smallest absolute Gasteiger partial charge is 0.243 e. The maximum absolute atomic E-state index is 13.0. The third-order valence-electron chi connectivity index (χ3n) is 6.09. The van der Waals surface area contributed by atoms with E-state index in [0.29, 0.717) is 18.7 Å². The van der Waals surface area contributed by atoms with Gasteiger partial charge in [-0.2, -0.15) is 9.57 Å². The van der Waals surface area contributed by atoms with Crippen molar-refractivity contribution in [2.45, 2.75) is 11.3 Å². The Balaban J connectivity index is 1.29. The van der Waals surface area contributed by atoms with E-state index in [4.69, 9.17) is 9.68 Å². The van der Waals surface area contributed by atoms with E-state index in [9.17, 15) is 13.2 Å². The van der Waals surface area contributed by atoms with E-state index in [-0.39, 0.29) is 30.3 Å². The first-order valence-corrected chi connectivity index (χ1v) is 12.1. The first kappa shape index (κ1) is 21.2. The van der Waals surface area contributed by atoms with E-state index in [0.717, 1.165) is 27.3 Å². The molecule has 0 N–H and O–H groups in total. The Hall–Kier alpha value is -3.67. The van der Waals surface area contributed by atoms with Crippen LogP contribution >= 0.6 is 0 Å². The molecule has 3 aromatic carbocycles. The van der Waals surface area contributed by atoms with Crippen LogP contribution in [0.1, 0.15) is 11.1 Å². The lowest BCUT2D eigenvalue weighted by Gasteiger charge is -2.34. The average molecular weight is 460 g/mol. The second-order valence-electron chi connectivity index (χ2n) is 8.02. The average Bonchev–Trinajstić information content (AvgIpc) is 3.27. The third-order valence-corrected chi connectivity index (χ3v) is 8.01. The first-order chi connectivity index (χ1) is 16.0. The number of piperazine rings is 1. The number of nitrogens with zero attached hydrogens (tertiary/aromatic N) is 3. The molecule has 0 aliphatic carbocycles. The molecule has 1 aromatic heterocycles. The molecule has 1 saturated heterocycles. The highest BCUT2D eigenvalue weighted by molar-refractivity contribution is 7.89. The van der Waals surface area contributed by atoms with Crippen LogP contribution in [0, 0.1) is 11.3 Å². The molecule has 7 nitrogen and oxygen atoms in total. The van der Waals surface area contributed by atoms with Gasteiger partial charge in [-0.25, -0.2) is 8.42 Å². The molecule has 0 unspecified atom stereocenters.